The summed E-state index contributed by atoms with van der Waals surface area (Å²) >= 11 is 13.0. The number of hydrogen-bond donors (Lipinski definition) is 0. The highest BCUT2D eigenvalue weighted by molar-refractivity contribution is 6.43. The van der Waals surface area contributed by atoms with Gasteiger partial charge in [0, 0.05) is 36.9 Å². The number of fused-ring (bicyclic) bond motifs is 1. The monoisotopic (exact) mass is 630 g/mol. The lowest BCUT2D eigenvalue weighted by molar-refractivity contribution is 0.0658. The molecule has 0 spiro atoms. The van der Waals surface area contributed by atoms with E-state index in [-0.39, 0.29) is 17.9 Å². The largest absolute Gasteiger partial charge is 0.337 e. The summed E-state index contributed by atoms with van der Waals surface area (Å²) in [5.41, 5.74) is 6.21. The van der Waals surface area contributed by atoms with E-state index in [9.17, 15) is 9.59 Å². The summed E-state index contributed by atoms with van der Waals surface area (Å²) in [5, 5.41) is 5.68. The van der Waals surface area contributed by atoms with Crippen molar-refractivity contribution in [2.45, 2.75) is 72.4 Å². The molecule has 6 nitrogen and oxygen atoms in total. The molecule has 2 heterocycles. The van der Waals surface area contributed by atoms with Crippen molar-refractivity contribution in [2.24, 2.45) is 0 Å². The molecule has 1 aromatic heterocycles. The third kappa shape index (κ3) is 6.57. The van der Waals surface area contributed by atoms with Crippen LogP contribution in [0, 0.1) is 6.92 Å². The second-order valence-corrected chi connectivity index (χ2v) is 12.5. The van der Waals surface area contributed by atoms with Crippen molar-refractivity contribution in [3.05, 3.63) is 105 Å². The Morgan fingerprint density at radius 1 is 0.932 bits per heavy atom. The van der Waals surface area contributed by atoms with E-state index >= 15 is 0 Å². The van der Waals surface area contributed by atoms with Gasteiger partial charge in [-0.2, -0.15) is 5.10 Å². The normalized spacial score (nSPS) is 14.4. The summed E-state index contributed by atoms with van der Waals surface area (Å²) in [6.07, 6.45) is 4.69. The first-order valence-corrected chi connectivity index (χ1v) is 16.3. The molecular weight excluding hydrogens is 591 g/mol. The van der Waals surface area contributed by atoms with Gasteiger partial charge in [0.2, 0.25) is 0 Å². The van der Waals surface area contributed by atoms with Crippen molar-refractivity contribution in [1.82, 2.24) is 19.6 Å². The average Bonchev–Trinajstić information content (AvgIpc) is 3.42. The third-order valence-corrected chi connectivity index (χ3v) is 9.26. The Kier molecular flexibility index (Phi) is 10.1. The van der Waals surface area contributed by atoms with Gasteiger partial charge in [0.05, 0.1) is 21.3 Å². The van der Waals surface area contributed by atoms with Gasteiger partial charge in [-0.05, 0) is 74.1 Å². The molecule has 0 N–H and O–H groups in total. The minimum atomic E-state index is -0.0997. The van der Waals surface area contributed by atoms with Crippen LogP contribution in [0.2, 0.25) is 10.0 Å². The van der Waals surface area contributed by atoms with Crippen molar-refractivity contribution in [1.29, 1.82) is 0 Å². The van der Waals surface area contributed by atoms with Crippen LogP contribution < -0.4 is 0 Å². The van der Waals surface area contributed by atoms with Crippen molar-refractivity contribution in [3.63, 3.8) is 0 Å². The zero-order chi connectivity index (χ0) is 31.4. The highest BCUT2D eigenvalue weighted by Crippen LogP contribution is 2.36. The smallest absolute Gasteiger partial charge is 0.274 e. The number of unbranched alkanes of at least 4 members (excludes halogenated alkanes) is 2. The molecule has 0 fully saturated rings. The second-order valence-electron chi connectivity index (χ2n) is 11.7. The van der Waals surface area contributed by atoms with Crippen LogP contribution in [0.4, 0.5) is 0 Å². The molecule has 44 heavy (non-hydrogen) atoms. The fourth-order valence-corrected chi connectivity index (χ4v) is 6.30. The van der Waals surface area contributed by atoms with Crippen molar-refractivity contribution < 1.29 is 9.59 Å². The van der Waals surface area contributed by atoms with Crippen LogP contribution >= 0.6 is 23.2 Å². The molecule has 3 aromatic carbocycles. The van der Waals surface area contributed by atoms with Gasteiger partial charge in [-0.3, -0.25) is 9.59 Å². The molecule has 8 heteroatoms. The topological polar surface area (TPSA) is 58.4 Å². The summed E-state index contributed by atoms with van der Waals surface area (Å²) in [6.45, 7) is 10.2. The molecule has 0 radical (unpaired) electrons. The third-order valence-electron chi connectivity index (χ3n) is 8.44. The first-order chi connectivity index (χ1) is 21.2. The van der Waals surface area contributed by atoms with Crippen LogP contribution in [-0.2, 0) is 13.0 Å². The predicted octanol–water partition coefficient (Wildman–Crippen LogP) is 8.78. The molecule has 0 saturated heterocycles. The van der Waals surface area contributed by atoms with Crippen molar-refractivity contribution in [3.8, 4) is 16.8 Å². The number of amides is 2. The van der Waals surface area contributed by atoms with Crippen LogP contribution in [0.3, 0.4) is 0 Å². The van der Waals surface area contributed by atoms with E-state index in [1.165, 1.54) is 5.56 Å². The maximum Gasteiger partial charge on any atom is 0.274 e. The van der Waals surface area contributed by atoms with Gasteiger partial charge in [-0.15, -0.1) is 0 Å². The fourth-order valence-electron chi connectivity index (χ4n) is 5.89. The van der Waals surface area contributed by atoms with Gasteiger partial charge in [0.1, 0.15) is 0 Å². The Morgan fingerprint density at radius 2 is 1.64 bits per heavy atom. The van der Waals surface area contributed by atoms with E-state index in [1.807, 2.05) is 65.3 Å². The fraction of sp³-hybridized carbons (Fsp3) is 0.361. The van der Waals surface area contributed by atoms with Crippen LogP contribution in [0.5, 0.6) is 0 Å². The molecular formula is C36H40Cl2N4O2. The van der Waals surface area contributed by atoms with E-state index < -0.39 is 0 Å². The Labute approximate surface area is 270 Å². The van der Waals surface area contributed by atoms with Gasteiger partial charge >= 0.3 is 0 Å². The quantitative estimate of drug-likeness (QED) is 0.176. The number of hydrogen-bond acceptors (Lipinski definition) is 3. The summed E-state index contributed by atoms with van der Waals surface area (Å²) in [5.74, 6) is -0.178. The first-order valence-electron chi connectivity index (χ1n) is 15.6. The van der Waals surface area contributed by atoms with Gasteiger partial charge in [-0.1, -0.05) is 92.4 Å². The molecule has 4 aromatic rings. The zero-order valence-corrected chi connectivity index (χ0v) is 27.5. The minimum absolute atomic E-state index is 0.00482. The summed E-state index contributed by atoms with van der Waals surface area (Å²) in [4.78, 5) is 32.0. The van der Waals surface area contributed by atoms with E-state index in [1.54, 1.807) is 10.7 Å². The summed E-state index contributed by atoms with van der Waals surface area (Å²) < 4.78 is 1.73. The van der Waals surface area contributed by atoms with Gasteiger partial charge in [0.15, 0.2) is 5.69 Å². The number of aryl methyl sites for hydroxylation is 1. The van der Waals surface area contributed by atoms with Gasteiger partial charge in [0.25, 0.3) is 11.8 Å². The van der Waals surface area contributed by atoms with Crippen molar-refractivity contribution in [2.75, 3.05) is 13.1 Å². The van der Waals surface area contributed by atoms with E-state index in [2.05, 4.69) is 32.9 Å². The molecule has 0 aliphatic carbocycles. The lowest BCUT2D eigenvalue weighted by Gasteiger charge is -2.35. The molecule has 1 aliphatic heterocycles. The number of carbonyl (C=O) groups is 2. The molecule has 0 unspecified atom stereocenters. The standard InChI is InChI=1S/C36H40Cl2N4O2/c1-5-7-18-40(19-8-6-2)36(44)32-21-25(4)42(39-32)33-17-16-27(29-14-11-15-31(37)34(29)38)22-30(33)35(43)41-23-28-13-10-9-12-26(28)20-24(41)3/h9-17,21-22,24H,5-8,18-20,23H2,1-4H3/t24-/m1/s1. The highest BCUT2D eigenvalue weighted by Gasteiger charge is 2.30. The number of aromatic nitrogens is 2. The molecule has 0 saturated carbocycles. The van der Waals surface area contributed by atoms with Crippen LogP contribution in [0.25, 0.3) is 16.8 Å². The molecule has 1 atom stereocenters. The van der Waals surface area contributed by atoms with Gasteiger partial charge in [-0.25, -0.2) is 4.68 Å². The Hall–Kier alpha value is -3.61. The molecule has 2 amide bonds. The van der Waals surface area contributed by atoms with E-state index in [0.717, 1.165) is 54.5 Å². The number of rotatable bonds is 10. The average molecular weight is 632 g/mol. The van der Waals surface area contributed by atoms with E-state index in [0.29, 0.717) is 46.6 Å². The SMILES string of the molecule is CCCCN(CCCC)C(=O)c1cc(C)n(-c2ccc(-c3cccc(Cl)c3Cl)cc2C(=O)N2Cc3ccccc3C[C@H]2C)n1. The maximum atomic E-state index is 14.5. The number of carbonyl (C=O) groups excluding carboxylic acids is 2. The minimum Gasteiger partial charge on any atom is -0.337 e. The first kappa shape index (κ1) is 31.8. The Morgan fingerprint density at radius 3 is 2.34 bits per heavy atom. The Balaban J connectivity index is 1.58. The highest BCUT2D eigenvalue weighted by atomic mass is 35.5. The lowest BCUT2D eigenvalue weighted by atomic mass is 9.93. The zero-order valence-electron chi connectivity index (χ0n) is 25.9. The number of benzene rings is 3. The maximum absolute atomic E-state index is 14.5. The number of nitrogens with zero attached hydrogens (tertiary/aromatic N) is 4. The second kappa shape index (κ2) is 14.0. The van der Waals surface area contributed by atoms with E-state index in [4.69, 9.17) is 28.3 Å². The lowest BCUT2D eigenvalue weighted by Crippen LogP contribution is -2.43. The number of halogens is 2. The summed E-state index contributed by atoms with van der Waals surface area (Å²) in [7, 11) is 0. The van der Waals surface area contributed by atoms with Gasteiger partial charge < -0.3 is 9.80 Å². The Bertz CT molecular complexity index is 1660. The summed E-state index contributed by atoms with van der Waals surface area (Å²) in [6, 6.07) is 21.3. The molecule has 230 valence electrons. The van der Waals surface area contributed by atoms with Crippen LogP contribution in [-0.4, -0.2) is 50.5 Å². The van der Waals surface area contributed by atoms with Crippen LogP contribution in [0.1, 0.15) is 84.1 Å². The van der Waals surface area contributed by atoms with Crippen molar-refractivity contribution >= 4 is 35.0 Å². The molecule has 0 bridgehead atoms. The predicted molar refractivity (Wildman–Crippen MR) is 179 cm³/mol. The van der Waals surface area contributed by atoms with Crippen LogP contribution in [0.15, 0.2) is 66.7 Å². The molecule has 5 rings (SSSR count). The molecule has 1 aliphatic rings.